The molecule has 1 aliphatic carbocycles. The Morgan fingerprint density at radius 3 is 1.80 bits per heavy atom. The lowest BCUT2D eigenvalue weighted by Crippen LogP contribution is -2.71. The molecule has 272 valence electrons. The largest absolute Gasteiger partial charge is 0.460 e. The van der Waals surface area contributed by atoms with E-state index in [1.165, 1.54) is 12.2 Å². The topological polar surface area (TPSA) is 52.6 Å². The highest BCUT2D eigenvalue weighted by Gasteiger charge is 2.91. The van der Waals surface area contributed by atoms with Crippen LogP contribution in [0.2, 0.25) is 0 Å². The fourth-order valence-electron chi connectivity index (χ4n) is 6.27. The van der Waals surface area contributed by atoms with Crippen molar-refractivity contribution in [2.75, 3.05) is 0 Å². The van der Waals surface area contributed by atoms with Gasteiger partial charge in [-0.25, -0.2) is 0 Å². The van der Waals surface area contributed by atoms with Gasteiger partial charge in [0, 0.05) is 5.92 Å². The molecule has 1 saturated carbocycles. The molecule has 0 radical (unpaired) electrons. The number of alkyl halides is 13. The maximum absolute atomic E-state index is 15.4. The molecule has 2 aliphatic heterocycles. The van der Waals surface area contributed by atoms with Crippen molar-refractivity contribution in [1.82, 2.24) is 0 Å². The number of hydrogen-bond donors (Lipinski definition) is 0. The van der Waals surface area contributed by atoms with Crippen molar-refractivity contribution in [3.05, 3.63) is 66.3 Å². The molecular formula is C32H29F13O4. The lowest BCUT2D eigenvalue weighted by atomic mass is 9.82. The van der Waals surface area contributed by atoms with Gasteiger partial charge >= 0.3 is 47.7 Å². The molecular weight excluding hydrogens is 695 g/mol. The Balaban J connectivity index is 1.62. The average Bonchev–Trinajstić information content (AvgIpc) is 3.68. The zero-order chi connectivity index (χ0) is 36.8. The highest BCUT2D eigenvalue weighted by Crippen LogP contribution is 2.63. The molecule has 0 aromatic heterocycles. The van der Waals surface area contributed by atoms with Crippen LogP contribution in [0.15, 0.2) is 60.7 Å². The van der Waals surface area contributed by atoms with Crippen LogP contribution in [0.3, 0.4) is 0 Å². The number of carbonyl (C=O) groups is 2. The van der Waals surface area contributed by atoms with Crippen molar-refractivity contribution in [1.29, 1.82) is 0 Å². The maximum atomic E-state index is 15.4. The summed E-state index contributed by atoms with van der Waals surface area (Å²) in [5.74, 6) is -47.4. The molecule has 17 heteroatoms. The summed E-state index contributed by atoms with van der Waals surface area (Å²) < 4.78 is 192. The van der Waals surface area contributed by atoms with Crippen LogP contribution in [0.25, 0.3) is 6.08 Å². The predicted octanol–water partition coefficient (Wildman–Crippen LogP) is 9.08. The summed E-state index contributed by atoms with van der Waals surface area (Å²) in [6.45, 7) is 1.63. The molecule has 0 bridgehead atoms. The minimum atomic E-state index is -7.98. The van der Waals surface area contributed by atoms with E-state index >= 15 is 8.78 Å². The lowest BCUT2D eigenvalue weighted by Gasteiger charge is -2.42. The second kappa shape index (κ2) is 13.4. The Morgan fingerprint density at radius 1 is 0.694 bits per heavy atom. The number of carbonyl (C=O) groups excluding carboxylic acids is 2. The number of hydrogen-bond acceptors (Lipinski definition) is 4. The highest BCUT2D eigenvalue weighted by atomic mass is 19.4. The molecule has 49 heavy (non-hydrogen) atoms. The number of halogens is 13. The van der Waals surface area contributed by atoms with E-state index in [1.807, 2.05) is 0 Å². The van der Waals surface area contributed by atoms with Crippen molar-refractivity contribution in [3.63, 3.8) is 0 Å². The Bertz CT molecular complexity index is 1450. The van der Waals surface area contributed by atoms with Gasteiger partial charge in [-0.15, -0.1) is 0 Å². The summed E-state index contributed by atoms with van der Waals surface area (Å²) >= 11 is 0. The number of rotatable bonds is 12. The quantitative estimate of drug-likeness (QED) is 0.0935. The molecule has 4 nitrogen and oxygen atoms in total. The first-order valence-corrected chi connectivity index (χ1v) is 15.0. The molecule has 0 spiro atoms. The van der Waals surface area contributed by atoms with E-state index in [9.17, 15) is 57.9 Å². The molecule has 2 heterocycles. The number of esters is 2. The van der Waals surface area contributed by atoms with Crippen LogP contribution in [-0.2, 0) is 19.1 Å². The fraction of sp³-hybridized carbons (Fsp3) is 0.562. The van der Waals surface area contributed by atoms with Crippen molar-refractivity contribution in [2.24, 2.45) is 29.6 Å². The first-order chi connectivity index (χ1) is 22.5. The van der Waals surface area contributed by atoms with E-state index in [0.29, 0.717) is 12.0 Å². The Morgan fingerprint density at radius 2 is 1.24 bits per heavy atom. The molecule has 0 amide bonds. The first kappa shape index (κ1) is 38.4. The summed E-state index contributed by atoms with van der Waals surface area (Å²) in [6, 6.07) is 8.63. The van der Waals surface area contributed by atoms with Crippen LogP contribution in [0, 0.1) is 29.6 Å². The number of unbranched alkanes of at least 4 members (excludes halogenated alkanes) is 1. The average molecular weight is 725 g/mol. The third-order valence-corrected chi connectivity index (χ3v) is 8.92. The van der Waals surface area contributed by atoms with E-state index in [1.54, 1.807) is 43.3 Å². The van der Waals surface area contributed by atoms with Gasteiger partial charge in [0.2, 0.25) is 0 Å². The molecule has 1 aromatic rings. The standard InChI is InChI=1S/C32H29F13O4/c1-2-3-5-10-19-15-18(16-20(19)27(33,34)28(35,36)29(37,38)30(39,40)31(41,42)32(43,44)45)12-14-22-24-23(25(46)49-26(24)47)21(48-22)13-11-17-8-6-4-7-9-17/h4-14,18-24H,2-3,15-16H2,1H3/b10-5-,13-11-,14-12+/t18?,19?,20?,21?,22?,23-,24+/m0/s1. The molecule has 3 aliphatic rings. The molecule has 7 atom stereocenters. The molecule has 2 saturated heterocycles. The van der Waals surface area contributed by atoms with E-state index in [-0.39, 0.29) is 6.42 Å². The SMILES string of the molecule is CCC/C=C\C1CC(/C=C/C2OC(/C=C\c3ccccc3)[C@@H]3C(=O)OC(=O)[C@H]23)CC1C(F)(F)C(F)(F)C(F)(F)C(F)(F)C(F)(F)C(F)(F)F. The zero-order valence-corrected chi connectivity index (χ0v) is 25.3. The maximum Gasteiger partial charge on any atom is 0.460 e. The molecule has 5 unspecified atom stereocenters. The third kappa shape index (κ3) is 6.63. The van der Waals surface area contributed by atoms with Crippen LogP contribution >= 0.6 is 0 Å². The van der Waals surface area contributed by atoms with Crippen LogP contribution < -0.4 is 0 Å². The molecule has 4 rings (SSSR count). The van der Waals surface area contributed by atoms with Gasteiger partial charge < -0.3 is 9.47 Å². The number of ether oxygens (including phenoxy) is 2. The number of allylic oxidation sites excluding steroid dienone is 3. The van der Waals surface area contributed by atoms with Crippen molar-refractivity contribution >= 4 is 18.0 Å². The Hall–Kier alpha value is -3.37. The number of fused-ring (bicyclic) bond motifs is 1. The van der Waals surface area contributed by atoms with Gasteiger partial charge in [0.25, 0.3) is 0 Å². The van der Waals surface area contributed by atoms with Gasteiger partial charge in [0.1, 0.15) is 11.8 Å². The molecule has 3 fully saturated rings. The fourth-order valence-corrected chi connectivity index (χ4v) is 6.27. The Labute approximate surface area is 271 Å². The molecule has 1 aromatic carbocycles. The van der Waals surface area contributed by atoms with Crippen LogP contribution in [-0.4, -0.2) is 59.9 Å². The van der Waals surface area contributed by atoms with Crippen molar-refractivity contribution < 1.29 is 76.1 Å². The van der Waals surface area contributed by atoms with E-state index < -0.39 is 102 Å². The van der Waals surface area contributed by atoms with Gasteiger partial charge in [-0.05, 0) is 36.7 Å². The van der Waals surface area contributed by atoms with E-state index in [2.05, 4.69) is 0 Å². The van der Waals surface area contributed by atoms with E-state index in [4.69, 9.17) is 9.47 Å². The van der Waals surface area contributed by atoms with Gasteiger partial charge in [0.05, 0.1) is 12.2 Å². The van der Waals surface area contributed by atoms with Crippen molar-refractivity contribution in [2.45, 2.75) is 80.6 Å². The first-order valence-electron chi connectivity index (χ1n) is 15.0. The second-order valence-electron chi connectivity index (χ2n) is 12.1. The third-order valence-electron chi connectivity index (χ3n) is 8.92. The van der Waals surface area contributed by atoms with Crippen LogP contribution in [0.4, 0.5) is 57.1 Å². The van der Waals surface area contributed by atoms with Gasteiger partial charge in [-0.1, -0.05) is 80.1 Å². The molecule has 0 N–H and O–H groups in total. The smallest absolute Gasteiger partial charge is 0.393 e. The summed E-state index contributed by atoms with van der Waals surface area (Å²) in [5.41, 5.74) is 0.696. The van der Waals surface area contributed by atoms with Gasteiger partial charge in [0.15, 0.2) is 0 Å². The van der Waals surface area contributed by atoms with Gasteiger partial charge in [-0.3, -0.25) is 9.59 Å². The van der Waals surface area contributed by atoms with E-state index in [0.717, 1.165) is 18.2 Å². The predicted molar refractivity (Wildman–Crippen MR) is 146 cm³/mol. The normalized spacial score (nSPS) is 29.1. The zero-order valence-electron chi connectivity index (χ0n) is 25.3. The summed E-state index contributed by atoms with van der Waals surface area (Å²) in [6.07, 6.45) is -3.32. The minimum Gasteiger partial charge on any atom is -0.393 e. The summed E-state index contributed by atoms with van der Waals surface area (Å²) in [5, 5.41) is 0. The second-order valence-corrected chi connectivity index (χ2v) is 12.1. The van der Waals surface area contributed by atoms with Crippen LogP contribution in [0.5, 0.6) is 0 Å². The van der Waals surface area contributed by atoms with Crippen LogP contribution in [0.1, 0.15) is 38.2 Å². The van der Waals surface area contributed by atoms with Gasteiger partial charge in [-0.2, -0.15) is 57.1 Å². The number of benzene rings is 1. The highest BCUT2D eigenvalue weighted by molar-refractivity contribution is 5.98. The Kier molecular flexibility index (Phi) is 10.5. The monoisotopic (exact) mass is 724 g/mol. The lowest BCUT2D eigenvalue weighted by molar-refractivity contribution is -0.443. The number of cyclic esters (lactones) is 2. The summed E-state index contributed by atoms with van der Waals surface area (Å²) in [4.78, 5) is 24.9. The van der Waals surface area contributed by atoms with Crippen molar-refractivity contribution in [3.8, 4) is 0 Å². The minimum absolute atomic E-state index is 0.171. The summed E-state index contributed by atoms with van der Waals surface area (Å²) in [7, 11) is 0.